The lowest BCUT2D eigenvalue weighted by atomic mass is 10.0. The smallest absolute Gasteiger partial charge is 0.138 e. The molecular weight excluding hydrogens is 248 g/mol. The number of hydrogen-bond donors (Lipinski definition) is 0. The Morgan fingerprint density at radius 1 is 1.22 bits per heavy atom. The van der Waals surface area contributed by atoms with Crippen molar-refractivity contribution in [2.24, 2.45) is 0 Å². The van der Waals surface area contributed by atoms with Crippen LogP contribution in [-0.4, -0.2) is 9.97 Å². The summed E-state index contributed by atoms with van der Waals surface area (Å²) in [6.07, 6.45) is 4.95. The van der Waals surface area contributed by atoms with Crippen LogP contribution in [0.5, 0.6) is 5.75 Å². The molecule has 1 aromatic heterocycles. The number of halogens is 1. The fraction of sp³-hybridized carbons (Fsp3) is 0.286. The van der Waals surface area contributed by atoms with Crippen LogP contribution in [0.15, 0.2) is 36.9 Å². The molecule has 3 nitrogen and oxygen atoms in total. The highest BCUT2D eigenvalue weighted by atomic mass is 35.5. The first-order valence-electron chi connectivity index (χ1n) is 5.83. The summed E-state index contributed by atoms with van der Waals surface area (Å²) in [5.41, 5.74) is 2.12. The van der Waals surface area contributed by atoms with Gasteiger partial charge in [-0.25, -0.2) is 9.97 Å². The van der Waals surface area contributed by atoms with E-state index in [0.717, 1.165) is 5.56 Å². The predicted molar refractivity (Wildman–Crippen MR) is 71.9 cm³/mol. The van der Waals surface area contributed by atoms with Crippen molar-refractivity contribution in [3.05, 3.63) is 53.1 Å². The van der Waals surface area contributed by atoms with Gasteiger partial charge in [-0.15, -0.1) is 0 Å². The van der Waals surface area contributed by atoms with Gasteiger partial charge in [0.2, 0.25) is 0 Å². The van der Waals surface area contributed by atoms with Gasteiger partial charge in [0.05, 0.1) is 5.02 Å². The minimum absolute atomic E-state index is 0.418. The van der Waals surface area contributed by atoms with Crippen LogP contribution in [0, 0.1) is 0 Å². The molecule has 0 N–H and O–H groups in total. The van der Waals surface area contributed by atoms with Crippen LogP contribution in [-0.2, 0) is 6.61 Å². The van der Waals surface area contributed by atoms with E-state index in [9.17, 15) is 0 Å². The van der Waals surface area contributed by atoms with E-state index in [4.69, 9.17) is 16.3 Å². The van der Waals surface area contributed by atoms with Crippen LogP contribution in [0.3, 0.4) is 0 Å². The van der Waals surface area contributed by atoms with Gasteiger partial charge in [-0.3, -0.25) is 0 Å². The molecule has 94 valence electrons. The molecule has 0 spiro atoms. The maximum atomic E-state index is 6.18. The lowest BCUT2D eigenvalue weighted by Crippen LogP contribution is -1.98. The van der Waals surface area contributed by atoms with E-state index in [1.165, 1.54) is 11.9 Å². The Kier molecular flexibility index (Phi) is 4.15. The van der Waals surface area contributed by atoms with Crippen molar-refractivity contribution in [2.75, 3.05) is 0 Å². The maximum absolute atomic E-state index is 6.18. The molecule has 2 rings (SSSR count). The van der Waals surface area contributed by atoms with Crippen molar-refractivity contribution in [1.29, 1.82) is 0 Å². The first kappa shape index (κ1) is 12.8. The molecule has 0 atom stereocenters. The van der Waals surface area contributed by atoms with Crippen molar-refractivity contribution >= 4 is 11.6 Å². The summed E-state index contributed by atoms with van der Waals surface area (Å²) in [4.78, 5) is 7.87. The molecule has 1 heterocycles. The average molecular weight is 263 g/mol. The fourth-order valence-electron chi connectivity index (χ4n) is 1.56. The van der Waals surface area contributed by atoms with Crippen LogP contribution < -0.4 is 4.74 Å². The molecule has 4 heteroatoms. The molecule has 0 unspecified atom stereocenters. The summed E-state index contributed by atoms with van der Waals surface area (Å²) in [6, 6.07) is 5.89. The molecule has 0 radical (unpaired) electrons. The zero-order valence-corrected chi connectivity index (χ0v) is 11.2. The monoisotopic (exact) mass is 262 g/mol. The second-order valence-electron chi connectivity index (χ2n) is 4.38. The lowest BCUT2D eigenvalue weighted by Gasteiger charge is -2.11. The number of hydrogen-bond acceptors (Lipinski definition) is 3. The highest BCUT2D eigenvalue weighted by molar-refractivity contribution is 6.32. The Morgan fingerprint density at radius 3 is 2.56 bits per heavy atom. The van der Waals surface area contributed by atoms with Crippen molar-refractivity contribution in [2.45, 2.75) is 26.4 Å². The third kappa shape index (κ3) is 3.20. The first-order valence-corrected chi connectivity index (χ1v) is 6.20. The zero-order chi connectivity index (χ0) is 13.0. The fourth-order valence-corrected chi connectivity index (χ4v) is 1.80. The molecular formula is C14H15ClN2O. The van der Waals surface area contributed by atoms with Crippen molar-refractivity contribution in [3.63, 3.8) is 0 Å². The molecule has 2 aromatic rings. The molecule has 0 fully saturated rings. The quantitative estimate of drug-likeness (QED) is 0.840. The number of benzene rings is 1. The summed E-state index contributed by atoms with van der Waals surface area (Å²) in [6.45, 7) is 4.68. The van der Waals surface area contributed by atoms with Crippen molar-refractivity contribution in [1.82, 2.24) is 9.97 Å². The molecule has 0 bridgehead atoms. The highest BCUT2D eigenvalue weighted by Crippen LogP contribution is 2.28. The van der Waals surface area contributed by atoms with E-state index in [-0.39, 0.29) is 0 Å². The summed E-state index contributed by atoms with van der Waals surface area (Å²) < 4.78 is 5.65. The van der Waals surface area contributed by atoms with Gasteiger partial charge >= 0.3 is 0 Å². The Balaban J connectivity index is 2.06. The molecule has 1 aromatic carbocycles. The Hall–Kier alpha value is -1.61. The van der Waals surface area contributed by atoms with Crippen LogP contribution in [0.4, 0.5) is 0 Å². The van der Waals surface area contributed by atoms with Crippen LogP contribution in [0.1, 0.15) is 30.9 Å². The molecule has 0 aliphatic rings. The molecule has 0 saturated heterocycles. The van der Waals surface area contributed by atoms with E-state index in [0.29, 0.717) is 23.3 Å². The van der Waals surface area contributed by atoms with E-state index in [2.05, 4.69) is 23.8 Å². The van der Waals surface area contributed by atoms with E-state index in [1.54, 1.807) is 12.4 Å². The van der Waals surface area contributed by atoms with Gasteiger partial charge in [-0.05, 0) is 23.6 Å². The van der Waals surface area contributed by atoms with Gasteiger partial charge in [0.1, 0.15) is 18.7 Å². The molecule has 0 saturated carbocycles. The lowest BCUT2D eigenvalue weighted by molar-refractivity contribution is 0.305. The van der Waals surface area contributed by atoms with E-state index >= 15 is 0 Å². The van der Waals surface area contributed by atoms with E-state index in [1.807, 2.05) is 18.2 Å². The Morgan fingerprint density at radius 2 is 1.94 bits per heavy atom. The van der Waals surface area contributed by atoms with Gasteiger partial charge in [0, 0.05) is 18.0 Å². The normalized spacial score (nSPS) is 10.7. The topological polar surface area (TPSA) is 35.0 Å². The van der Waals surface area contributed by atoms with Crippen molar-refractivity contribution in [3.8, 4) is 5.75 Å². The average Bonchev–Trinajstić information content (AvgIpc) is 2.38. The summed E-state index contributed by atoms with van der Waals surface area (Å²) in [5, 5.41) is 0.637. The van der Waals surface area contributed by atoms with Crippen LogP contribution in [0.25, 0.3) is 0 Å². The predicted octanol–water partition coefficient (Wildman–Crippen LogP) is 3.83. The number of nitrogens with zero attached hydrogens (tertiary/aromatic N) is 2. The van der Waals surface area contributed by atoms with Gasteiger partial charge in [0.25, 0.3) is 0 Å². The number of aromatic nitrogens is 2. The SMILES string of the molecule is CC(C)c1ccc(OCc2cncnc2)c(Cl)c1. The molecule has 0 aliphatic heterocycles. The van der Waals surface area contributed by atoms with Crippen molar-refractivity contribution < 1.29 is 4.74 Å². The van der Waals surface area contributed by atoms with Gasteiger partial charge < -0.3 is 4.74 Å². The van der Waals surface area contributed by atoms with Gasteiger partial charge in [0.15, 0.2) is 0 Å². The van der Waals surface area contributed by atoms with Crippen LogP contribution in [0.2, 0.25) is 5.02 Å². The first-order chi connectivity index (χ1) is 8.66. The van der Waals surface area contributed by atoms with Gasteiger partial charge in [-0.2, -0.15) is 0 Å². The molecule has 0 amide bonds. The second-order valence-corrected chi connectivity index (χ2v) is 4.79. The molecule has 0 aliphatic carbocycles. The maximum Gasteiger partial charge on any atom is 0.138 e. The summed E-state index contributed by atoms with van der Waals surface area (Å²) in [7, 11) is 0. The largest absolute Gasteiger partial charge is 0.487 e. The highest BCUT2D eigenvalue weighted by Gasteiger charge is 2.06. The third-order valence-electron chi connectivity index (χ3n) is 2.63. The number of ether oxygens (including phenoxy) is 1. The third-order valence-corrected chi connectivity index (χ3v) is 2.93. The second kappa shape index (κ2) is 5.83. The van der Waals surface area contributed by atoms with Gasteiger partial charge in [-0.1, -0.05) is 31.5 Å². The van der Waals surface area contributed by atoms with E-state index < -0.39 is 0 Å². The standard InChI is InChI=1S/C14H15ClN2O/c1-10(2)12-3-4-14(13(15)5-12)18-8-11-6-16-9-17-7-11/h3-7,9-10H,8H2,1-2H3. The summed E-state index contributed by atoms with van der Waals surface area (Å²) in [5.74, 6) is 1.14. The molecule has 18 heavy (non-hydrogen) atoms. The zero-order valence-electron chi connectivity index (χ0n) is 10.4. The van der Waals surface area contributed by atoms with Crippen LogP contribution >= 0.6 is 11.6 Å². The Bertz CT molecular complexity index is 514. The number of rotatable bonds is 4. The minimum Gasteiger partial charge on any atom is -0.487 e. The minimum atomic E-state index is 0.418. The Labute approximate surface area is 112 Å². The summed E-state index contributed by atoms with van der Waals surface area (Å²) >= 11 is 6.18.